The predicted octanol–water partition coefficient (Wildman–Crippen LogP) is 4.41. The number of aromatic nitrogens is 1. The molecule has 1 amide bonds. The van der Waals surface area contributed by atoms with Crippen molar-refractivity contribution in [2.75, 3.05) is 7.11 Å². The molecule has 1 aromatic heterocycles. The van der Waals surface area contributed by atoms with E-state index in [1.54, 1.807) is 29.5 Å². The summed E-state index contributed by atoms with van der Waals surface area (Å²) < 4.78 is 24.9. The highest BCUT2D eigenvalue weighted by molar-refractivity contribution is 7.09. The van der Waals surface area contributed by atoms with E-state index in [1.165, 1.54) is 29.5 Å². The fraction of sp³-hybridized carbons (Fsp3) is 0.304. The zero-order valence-electron chi connectivity index (χ0n) is 17.7. The average molecular weight is 445 g/mol. The van der Waals surface area contributed by atoms with Gasteiger partial charge in [0, 0.05) is 23.5 Å². The number of carbonyl (C=O) groups excluding carboxylic acids is 1. The smallest absolute Gasteiger partial charge is 0.254 e. The Hall–Kier alpha value is -2.97. The van der Waals surface area contributed by atoms with Crippen molar-refractivity contribution in [1.82, 2.24) is 9.88 Å². The van der Waals surface area contributed by atoms with Gasteiger partial charge in [-0.05, 0) is 49.7 Å². The lowest BCUT2D eigenvalue weighted by Gasteiger charge is -2.27. The number of benzene rings is 2. The molecule has 0 radical (unpaired) electrons. The second-order valence-electron chi connectivity index (χ2n) is 7.20. The van der Waals surface area contributed by atoms with Crippen LogP contribution in [-0.2, 0) is 19.8 Å². The Labute approximate surface area is 184 Å². The van der Waals surface area contributed by atoms with E-state index in [0.717, 1.165) is 10.6 Å². The summed E-state index contributed by atoms with van der Waals surface area (Å²) in [6.07, 6.45) is 0. The van der Waals surface area contributed by atoms with Crippen LogP contribution in [0.3, 0.4) is 0 Å². The average Bonchev–Trinajstić information content (AvgIpc) is 3.23. The molecule has 0 spiro atoms. The molecule has 0 bridgehead atoms. The molecule has 0 fully saturated rings. The third kappa shape index (κ3) is 5.80. The maximum absolute atomic E-state index is 13.6. The molecule has 8 heteroatoms. The summed E-state index contributed by atoms with van der Waals surface area (Å²) in [5.41, 5.74) is 1.76. The van der Waals surface area contributed by atoms with E-state index in [1.807, 2.05) is 26.0 Å². The molecule has 1 N–H and O–H groups in total. The summed E-state index contributed by atoms with van der Waals surface area (Å²) >= 11 is 1.41. The summed E-state index contributed by atoms with van der Waals surface area (Å²) in [7, 11) is 1.56. The van der Waals surface area contributed by atoms with Crippen LogP contribution in [0.25, 0.3) is 0 Å². The fourth-order valence-corrected chi connectivity index (χ4v) is 3.73. The number of ether oxygens (including phenoxy) is 2. The van der Waals surface area contributed by atoms with Crippen molar-refractivity contribution in [1.29, 1.82) is 0 Å². The Balaban J connectivity index is 1.78. The molecule has 2 aromatic carbocycles. The molecule has 164 valence electrons. The van der Waals surface area contributed by atoms with E-state index in [2.05, 4.69) is 4.98 Å². The minimum atomic E-state index is -0.443. The summed E-state index contributed by atoms with van der Waals surface area (Å²) in [6, 6.07) is 11.1. The van der Waals surface area contributed by atoms with Crippen LogP contribution in [0.5, 0.6) is 11.5 Å². The summed E-state index contributed by atoms with van der Waals surface area (Å²) in [5, 5.41) is 11.7. The maximum atomic E-state index is 13.6. The Morgan fingerprint density at radius 1 is 1.23 bits per heavy atom. The van der Waals surface area contributed by atoms with Gasteiger partial charge in [0.05, 0.1) is 19.4 Å². The number of carbonyl (C=O) groups is 1. The number of hydrogen-bond donors (Lipinski definition) is 1. The van der Waals surface area contributed by atoms with Gasteiger partial charge in [-0.15, -0.1) is 11.3 Å². The van der Waals surface area contributed by atoms with Gasteiger partial charge < -0.3 is 19.5 Å². The van der Waals surface area contributed by atoms with E-state index in [0.29, 0.717) is 29.3 Å². The van der Waals surface area contributed by atoms with Gasteiger partial charge in [0.25, 0.3) is 5.91 Å². The zero-order chi connectivity index (χ0) is 22.4. The molecule has 0 atom stereocenters. The normalized spacial score (nSPS) is 10.9. The molecule has 0 saturated heterocycles. The highest BCUT2D eigenvalue weighted by Crippen LogP contribution is 2.30. The van der Waals surface area contributed by atoms with Crippen molar-refractivity contribution < 1.29 is 23.8 Å². The van der Waals surface area contributed by atoms with Crippen molar-refractivity contribution in [2.24, 2.45) is 0 Å². The fourth-order valence-electron chi connectivity index (χ4n) is 3.03. The molecule has 3 rings (SSSR count). The molecule has 0 unspecified atom stereocenters. The van der Waals surface area contributed by atoms with Gasteiger partial charge >= 0.3 is 0 Å². The highest BCUT2D eigenvalue weighted by Gasteiger charge is 2.20. The minimum Gasteiger partial charge on any atom is -0.493 e. The number of amides is 1. The Morgan fingerprint density at radius 3 is 2.68 bits per heavy atom. The molecule has 3 aromatic rings. The van der Waals surface area contributed by atoms with Gasteiger partial charge in [0.15, 0.2) is 11.5 Å². The highest BCUT2D eigenvalue weighted by atomic mass is 32.1. The number of aliphatic hydroxyl groups excluding tert-OH is 1. The number of halogens is 1. The van der Waals surface area contributed by atoms with Crippen LogP contribution < -0.4 is 9.47 Å². The van der Waals surface area contributed by atoms with E-state index in [9.17, 15) is 9.18 Å². The van der Waals surface area contributed by atoms with Crippen molar-refractivity contribution >= 4 is 17.2 Å². The largest absolute Gasteiger partial charge is 0.493 e. The standard InChI is InChI=1S/C23H25FN2O4S/c1-15(2)26(23(28)17-5-4-6-18(24)10-17)11-16-7-8-20(29-3)21(9-16)30-13-22-25-19(12-27)14-31-22/h4-10,14-15,27H,11-13H2,1-3H3. The molecule has 0 aliphatic carbocycles. The summed E-state index contributed by atoms with van der Waals surface area (Å²) in [6.45, 7) is 4.29. The molecule has 0 aliphatic heterocycles. The first-order valence-corrected chi connectivity index (χ1v) is 10.7. The van der Waals surface area contributed by atoms with Gasteiger partial charge in [-0.3, -0.25) is 4.79 Å². The van der Waals surface area contributed by atoms with Crippen LogP contribution in [-0.4, -0.2) is 34.0 Å². The van der Waals surface area contributed by atoms with Crippen LogP contribution in [0.1, 0.15) is 40.5 Å². The van der Waals surface area contributed by atoms with Gasteiger partial charge in [-0.2, -0.15) is 0 Å². The second kappa shape index (κ2) is 10.4. The van der Waals surface area contributed by atoms with E-state index < -0.39 is 5.82 Å². The summed E-state index contributed by atoms with van der Waals surface area (Å²) in [4.78, 5) is 18.9. The number of rotatable bonds is 9. The van der Waals surface area contributed by atoms with Crippen molar-refractivity contribution in [3.05, 3.63) is 75.5 Å². The van der Waals surface area contributed by atoms with Gasteiger partial charge in [-0.25, -0.2) is 9.37 Å². The number of methoxy groups -OCH3 is 1. The SMILES string of the molecule is COc1ccc(CN(C(=O)c2cccc(F)c2)C(C)C)cc1OCc1nc(CO)cs1. The third-order valence-corrected chi connectivity index (χ3v) is 5.52. The van der Waals surface area contributed by atoms with Crippen molar-refractivity contribution in [3.8, 4) is 11.5 Å². The lowest BCUT2D eigenvalue weighted by molar-refractivity contribution is 0.0689. The minimum absolute atomic E-state index is 0.0885. The number of hydrogen-bond acceptors (Lipinski definition) is 6. The molecule has 0 saturated carbocycles. The van der Waals surface area contributed by atoms with Gasteiger partial charge in [-0.1, -0.05) is 12.1 Å². The first-order valence-electron chi connectivity index (χ1n) is 9.81. The number of nitrogens with zero attached hydrogens (tertiary/aromatic N) is 2. The second-order valence-corrected chi connectivity index (χ2v) is 8.14. The van der Waals surface area contributed by atoms with Crippen LogP contribution >= 0.6 is 11.3 Å². The van der Waals surface area contributed by atoms with Gasteiger partial charge in [0.1, 0.15) is 17.4 Å². The van der Waals surface area contributed by atoms with Crippen LogP contribution in [0.15, 0.2) is 47.8 Å². The molecule has 1 heterocycles. The first kappa shape index (κ1) is 22.7. The van der Waals surface area contributed by atoms with E-state index in [4.69, 9.17) is 14.6 Å². The maximum Gasteiger partial charge on any atom is 0.254 e. The van der Waals surface area contributed by atoms with Crippen molar-refractivity contribution in [3.63, 3.8) is 0 Å². The third-order valence-electron chi connectivity index (χ3n) is 4.65. The molecular formula is C23H25FN2O4S. The summed E-state index contributed by atoms with van der Waals surface area (Å²) in [5.74, 6) is 0.409. The first-order chi connectivity index (χ1) is 14.9. The number of thiazole rings is 1. The lowest BCUT2D eigenvalue weighted by atomic mass is 10.1. The van der Waals surface area contributed by atoms with Gasteiger partial charge in [0.2, 0.25) is 0 Å². The van der Waals surface area contributed by atoms with Crippen LogP contribution in [0, 0.1) is 5.82 Å². The Morgan fingerprint density at radius 2 is 2.03 bits per heavy atom. The molecular weight excluding hydrogens is 419 g/mol. The zero-order valence-corrected chi connectivity index (χ0v) is 18.5. The molecule has 6 nitrogen and oxygen atoms in total. The Bertz CT molecular complexity index is 1040. The van der Waals surface area contributed by atoms with Crippen LogP contribution in [0.2, 0.25) is 0 Å². The Kier molecular flexibility index (Phi) is 7.59. The monoisotopic (exact) mass is 444 g/mol. The molecule has 31 heavy (non-hydrogen) atoms. The van der Waals surface area contributed by atoms with Crippen LogP contribution in [0.4, 0.5) is 4.39 Å². The quantitative estimate of drug-likeness (QED) is 0.529. The molecule has 0 aliphatic rings. The van der Waals surface area contributed by atoms with E-state index >= 15 is 0 Å². The van der Waals surface area contributed by atoms with Crippen molar-refractivity contribution in [2.45, 2.75) is 39.6 Å². The lowest BCUT2D eigenvalue weighted by Crippen LogP contribution is -2.36. The number of aliphatic hydroxyl groups is 1. The topological polar surface area (TPSA) is 71.9 Å². The predicted molar refractivity (Wildman–Crippen MR) is 117 cm³/mol. The van der Waals surface area contributed by atoms with E-state index in [-0.39, 0.29) is 25.2 Å².